The van der Waals surface area contributed by atoms with E-state index in [4.69, 9.17) is 0 Å². The van der Waals surface area contributed by atoms with Crippen molar-refractivity contribution in [3.8, 4) is 10.4 Å². The number of nitrogens with one attached hydrogen (secondary N) is 2. The van der Waals surface area contributed by atoms with E-state index >= 15 is 0 Å². The first-order chi connectivity index (χ1) is 14.2. The molecule has 2 N–H and O–H groups in total. The zero-order chi connectivity index (χ0) is 21.5. The summed E-state index contributed by atoms with van der Waals surface area (Å²) >= 11 is 1.19. The number of nitrogens with zero attached hydrogens (tertiary/aromatic N) is 1. The van der Waals surface area contributed by atoms with Crippen molar-refractivity contribution in [2.75, 3.05) is 18.4 Å². The summed E-state index contributed by atoms with van der Waals surface area (Å²) in [5.74, 6) is -1.72. The van der Waals surface area contributed by atoms with Crippen LogP contribution in [0.3, 0.4) is 0 Å². The van der Waals surface area contributed by atoms with Crippen molar-refractivity contribution in [3.05, 3.63) is 41.3 Å². The second-order valence-electron chi connectivity index (χ2n) is 7.77. The number of alkyl halides is 3. The summed E-state index contributed by atoms with van der Waals surface area (Å²) in [6.45, 7) is 4.28. The molecular formula is C21H22F3N3O2S. The Kier molecular flexibility index (Phi) is 5.59. The van der Waals surface area contributed by atoms with Gasteiger partial charge in [-0.05, 0) is 57.0 Å². The van der Waals surface area contributed by atoms with Crippen LogP contribution in [-0.2, 0) is 4.79 Å². The number of para-hydroxylation sites is 1. The minimum absolute atomic E-state index is 0.0552. The van der Waals surface area contributed by atoms with E-state index in [0.29, 0.717) is 27.3 Å². The zero-order valence-corrected chi connectivity index (χ0v) is 17.1. The van der Waals surface area contributed by atoms with Crippen LogP contribution in [0.15, 0.2) is 36.4 Å². The molecule has 2 amide bonds. The summed E-state index contributed by atoms with van der Waals surface area (Å²) in [6.07, 6.45) is -2.81. The average molecular weight is 437 g/mol. The van der Waals surface area contributed by atoms with Gasteiger partial charge in [-0.2, -0.15) is 13.2 Å². The van der Waals surface area contributed by atoms with E-state index in [1.54, 1.807) is 30.3 Å². The first kappa shape index (κ1) is 20.9. The van der Waals surface area contributed by atoms with Gasteiger partial charge in [-0.15, -0.1) is 11.3 Å². The van der Waals surface area contributed by atoms with Crippen LogP contribution in [0.5, 0.6) is 0 Å². The predicted molar refractivity (Wildman–Crippen MR) is 109 cm³/mol. The van der Waals surface area contributed by atoms with Crippen molar-refractivity contribution in [3.63, 3.8) is 0 Å². The van der Waals surface area contributed by atoms with Gasteiger partial charge in [0, 0.05) is 28.2 Å². The van der Waals surface area contributed by atoms with E-state index in [1.807, 2.05) is 5.32 Å². The fourth-order valence-corrected chi connectivity index (χ4v) is 5.32. The highest BCUT2D eigenvalue weighted by molar-refractivity contribution is 7.17. The van der Waals surface area contributed by atoms with Crippen molar-refractivity contribution in [1.82, 2.24) is 10.2 Å². The number of anilines is 1. The van der Waals surface area contributed by atoms with Crippen molar-refractivity contribution in [2.45, 2.75) is 38.0 Å². The molecule has 0 spiro atoms. The van der Waals surface area contributed by atoms with Crippen LogP contribution in [0.25, 0.3) is 10.4 Å². The summed E-state index contributed by atoms with van der Waals surface area (Å²) in [5.41, 5.74) is 0.495. The molecule has 160 valence electrons. The Labute approximate surface area is 176 Å². The summed E-state index contributed by atoms with van der Waals surface area (Å²) in [7, 11) is 0. The van der Waals surface area contributed by atoms with Crippen molar-refractivity contribution < 1.29 is 22.8 Å². The quantitative estimate of drug-likeness (QED) is 0.756. The van der Waals surface area contributed by atoms with Crippen molar-refractivity contribution >= 4 is 28.8 Å². The van der Waals surface area contributed by atoms with Gasteiger partial charge in [0.15, 0.2) is 0 Å². The van der Waals surface area contributed by atoms with Crippen molar-refractivity contribution in [1.29, 1.82) is 0 Å². The van der Waals surface area contributed by atoms with Gasteiger partial charge in [0.05, 0.1) is 4.88 Å². The Hall–Kier alpha value is -2.39. The van der Waals surface area contributed by atoms with Gasteiger partial charge in [0.2, 0.25) is 0 Å². The molecule has 4 heterocycles. The van der Waals surface area contributed by atoms with Gasteiger partial charge in [0.1, 0.15) is 0 Å². The smallest absolute Gasteiger partial charge is 0.347 e. The standard InChI is InChI=1S/C21H22F3N3O2S/c1-12-18(13-8-10-27(12)11-9-13)26-19(28)17-7-6-16(30-17)14-4-2-3-5-15(14)25-20(29)21(22,23)24/h2-7,12-13,18H,8-11H2,1H3,(H,25,29)(H,26,28). The number of fused-ring (bicyclic) bond motifs is 3. The van der Waals surface area contributed by atoms with Crippen LogP contribution in [0.1, 0.15) is 29.4 Å². The van der Waals surface area contributed by atoms with E-state index in [-0.39, 0.29) is 17.6 Å². The largest absolute Gasteiger partial charge is 0.471 e. The molecule has 3 aliphatic heterocycles. The summed E-state index contributed by atoms with van der Waals surface area (Å²) < 4.78 is 37.9. The molecule has 3 aliphatic rings. The molecule has 2 atom stereocenters. The fourth-order valence-electron chi connectivity index (χ4n) is 4.37. The molecule has 30 heavy (non-hydrogen) atoms. The molecular weight excluding hydrogens is 415 g/mol. The van der Waals surface area contributed by atoms with Crippen molar-refractivity contribution in [2.24, 2.45) is 5.92 Å². The molecule has 0 saturated carbocycles. The lowest BCUT2D eigenvalue weighted by atomic mass is 9.79. The topological polar surface area (TPSA) is 61.4 Å². The number of piperidine rings is 3. The number of hydrogen-bond acceptors (Lipinski definition) is 4. The van der Waals surface area contributed by atoms with E-state index in [0.717, 1.165) is 25.9 Å². The third-order valence-electron chi connectivity index (χ3n) is 6.00. The van der Waals surface area contributed by atoms with Crippen LogP contribution in [-0.4, -0.2) is 48.1 Å². The number of benzene rings is 1. The Morgan fingerprint density at radius 1 is 1.10 bits per heavy atom. The van der Waals surface area contributed by atoms with Gasteiger partial charge in [-0.3, -0.25) is 14.5 Å². The normalized spacial score (nSPS) is 25.7. The summed E-state index contributed by atoms with van der Waals surface area (Å²) in [4.78, 5) is 27.7. The Bertz CT molecular complexity index is 949. The predicted octanol–water partition coefficient (Wildman–Crippen LogP) is 4.13. The van der Waals surface area contributed by atoms with E-state index < -0.39 is 12.1 Å². The van der Waals surface area contributed by atoms with Crippen LogP contribution < -0.4 is 10.6 Å². The molecule has 0 radical (unpaired) electrons. The highest BCUT2D eigenvalue weighted by atomic mass is 32.1. The zero-order valence-electron chi connectivity index (χ0n) is 16.3. The Morgan fingerprint density at radius 2 is 1.80 bits per heavy atom. The number of rotatable bonds is 4. The highest BCUT2D eigenvalue weighted by Crippen LogP contribution is 2.36. The molecule has 3 saturated heterocycles. The number of halogens is 3. The number of carbonyl (C=O) groups is 2. The lowest BCUT2D eigenvalue weighted by Crippen LogP contribution is -2.62. The molecule has 2 aromatic rings. The summed E-state index contributed by atoms with van der Waals surface area (Å²) in [6, 6.07) is 10.0. The van der Waals surface area contributed by atoms with E-state index in [1.165, 1.54) is 17.4 Å². The molecule has 5 nitrogen and oxygen atoms in total. The van der Waals surface area contributed by atoms with Gasteiger partial charge in [0.25, 0.3) is 5.91 Å². The van der Waals surface area contributed by atoms with Gasteiger partial charge >= 0.3 is 12.1 Å². The lowest BCUT2D eigenvalue weighted by Gasteiger charge is -2.49. The minimum Gasteiger partial charge on any atom is -0.347 e. The maximum Gasteiger partial charge on any atom is 0.471 e. The maximum atomic E-state index is 12.8. The van der Waals surface area contributed by atoms with Gasteiger partial charge < -0.3 is 10.6 Å². The molecule has 1 aromatic carbocycles. The Morgan fingerprint density at radius 3 is 2.47 bits per heavy atom. The molecule has 1 aromatic heterocycles. The molecule has 9 heteroatoms. The van der Waals surface area contributed by atoms with Crippen LogP contribution in [0.2, 0.25) is 0 Å². The Balaban J connectivity index is 1.51. The minimum atomic E-state index is -4.97. The third kappa shape index (κ3) is 4.09. The van der Waals surface area contributed by atoms with Crippen LogP contribution >= 0.6 is 11.3 Å². The van der Waals surface area contributed by atoms with Gasteiger partial charge in [-0.1, -0.05) is 18.2 Å². The number of hydrogen-bond donors (Lipinski definition) is 2. The highest BCUT2D eigenvalue weighted by Gasteiger charge is 2.41. The fraction of sp³-hybridized carbons (Fsp3) is 0.429. The molecule has 3 fully saturated rings. The molecule has 2 bridgehead atoms. The second kappa shape index (κ2) is 8.03. The molecule has 2 unspecified atom stereocenters. The van der Waals surface area contributed by atoms with Gasteiger partial charge in [-0.25, -0.2) is 0 Å². The maximum absolute atomic E-state index is 12.8. The average Bonchev–Trinajstić information content (AvgIpc) is 3.21. The van der Waals surface area contributed by atoms with E-state index in [9.17, 15) is 22.8 Å². The second-order valence-corrected chi connectivity index (χ2v) is 8.86. The molecule has 0 aliphatic carbocycles. The van der Waals surface area contributed by atoms with Crippen LogP contribution in [0, 0.1) is 5.92 Å². The first-order valence-corrected chi connectivity index (χ1v) is 10.7. The lowest BCUT2D eigenvalue weighted by molar-refractivity contribution is -0.167. The summed E-state index contributed by atoms with van der Waals surface area (Å²) in [5, 5.41) is 5.07. The monoisotopic (exact) mass is 437 g/mol. The van der Waals surface area contributed by atoms with E-state index in [2.05, 4.69) is 17.1 Å². The molecule has 5 rings (SSSR count). The SMILES string of the molecule is CC1C(NC(=O)c2ccc(-c3ccccc3NC(=O)C(F)(F)F)s2)C2CCN1CC2. The number of thiophene rings is 1. The third-order valence-corrected chi connectivity index (χ3v) is 7.12. The number of amides is 2. The first-order valence-electron chi connectivity index (χ1n) is 9.86. The number of carbonyl (C=O) groups excluding carboxylic acids is 2. The van der Waals surface area contributed by atoms with Crippen LogP contribution in [0.4, 0.5) is 18.9 Å².